The molecule has 4 heteroatoms. The molecule has 0 saturated carbocycles. The number of phenols is 1. The highest BCUT2D eigenvalue weighted by Gasteiger charge is 2.03. The second kappa shape index (κ2) is 2.64. The quantitative estimate of drug-likeness (QED) is 0.552. The van der Waals surface area contributed by atoms with Gasteiger partial charge in [-0.1, -0.05) is 0 Å². The Morgan fingerprint density at radius 3 is 2.83 bits per heavy atom. The van der Waals surface area contributed by atoms with Gasteiger partial charge in [0.2, 0.25) is 0 Å². The number of anilines is 1. The third-order valence-corrected chi connectivity index (χ3v) is 3.24. The average molecular weight is 244 g/mol. The molecule has 12 heavy (non-hydrogen) atoms. The molecular formula is C8H6BrNOS. The minimum atomic E-state index is 0.146. The van der Waals surface area contributed by atoms with Gasteiger partial charge in [0.15, 0.2) is 0 Å². The van der Waals surface area contributed by atoms with Crippen LogP contribution in [0.3, 0.4) is 0 Å². The van der Waals surface area contributed by atoms with E-state index in [1.807, 2.05) is 6.07 Å². The fraction of sp³-hybridized carbons (Fsp3) is 0. The Hall–Kier alpha value is -0.740. The van der Waals surface area contributed by atoms with Gasteiger partial charge in [0, 0.05) is 4.70 Å². The number of thiophene rings is 1. The van der Waals surface area contributed by atoms with Crippen molar-refractivity contribution >= 4 is 43.0 Å². The predicted octanol–water partition coefficient (Wildman–Crippen LogP) is 2.95. The molecule has 0 atom stereocenters. The van der Waals surface area contributed by atoms with Crippen LogP contribution in [0.2, 0.25) is 0 Å². The lowest BCUT2D eigenvalue weighted by molar-refractivity contribution is 0.479. The number of rotatable bonds is 0. The highest BCUT2D eigenvalue weighted by molar-refractivity contribution is 9.11. The Labute approximate surface area is 81.8 Å². The first kappa shape index (κ1) is 7.89. The van der Waals surface area contributed by atoms with Crippen LogP contribution in [0.5, 0.6) is 5.75 Å². The van der Waals surface area contributed by atoms with Crippen molar-refractivity contribution in [2.75, 3.05) is 5.73 Å². The van der Waals surface area contributed by atoms with Gasteiger partial charge in [0.25, 0.3) is 0 Å². The molecule has 3 N–H and O–H groups in total. The summed E-state index contributed by atoms with van der Waals surface area (Å²) in [6.07, 6.45) is 0. The minimum Gasteiger partial charge on any atom is -0.506 e. The molecule has 0 fully saturated rings. The summed E-state index contributed by atoms with van der Waals surface area (Å²) in [7, 11) is 0. The van der Waals surface area contributed by atoms with Crippen molar-refractivity contribution in [3.05, 3.63) is 22.0 Å². The Bertz CT molecular complexity index is 399. The van der Waals surface area contributed by atoms with Crippen molar-refractivity contribution in [3.8, 4) is 5.75 Å². The number of halogens is 1. The molecule has 0 unspecified atom stereocenters. The zero-order valence-corrected chi connectivity index (χ0v) is 8.45. The minimum absolute atomic E-state index is 0.146. The molecule has 2 rings (SSSR count). The van der Waals surface area contributed by atoms with E-state index in [1.165, 1.54) is 0 Å². The molecule has 0 aliphatic rings. The summed E-state index contributed by atoms with van der Waals surface area (Å²) >= 11 is 4.97. The SMILES string of the molecule is Nc1cc2sc(Br)cc2cc1O. The molecule has 62 valence electrons. The van der Waals surface area contributed by atoms with Gasteiger partial charge >= 0.3 is 0 Å². The number of nitrogens with two attached hydrogens (primary N) is 1. The van der Waals surface area contributed by atoms with E-state index in [4.69, 9.17) is 5.73 Å². The van der Waals surface area contributed by atoms with Gasteiger partial charge in [0.05, 0.1) is 9.47 Å². The smallest absolute Gasteiger partial charge is 0.139 e. The average Bonchev–Trinajstić information content (AvgIpc) is 2.30. The van der Waals surface area contributed by atoms with E-state index in [0.717, 1.165) is 13.9 Å². The van der Waals surface area contributed by atoms with Gasteiger partial charge in [-0.25, -0.2) is 0 Å². The second-order valence-corrected chi connectivity index (χ2v) is 4.96. The molecule has 0 aliphatic carbocycles. The first-order chi connectivity index (χ1) is 5.66. The summed E-state index contributed by atoms with van der Waals surface area (Å²) in [5.74, 6) is 0.146. The predicted molar refractivity (Wildman–Crippen MR) is 55.6 cm³/mol. The molecular weight excluding hydrogens is 238 g/mol. The summed E-state index contributed by atoms with van der Waals surface area (Å²) in [4.78, 5) is 0. The Morgan fingerprint density at radius 2 is 2.08 bits per heavy atom. The van der Waals surface area contributed by atoms with Gasteiger partial charge in [-0.05, 0) is 39.5 Å². The van der Waals surface area contributed by atoms with E-state index < -0.39 is 0 Å². The Balaban J connectivity index is 2.83. The summed E-state index contributed by atoms with van der Waals surface area (Å²) in [5.41, 5.74) is 5.96. The third-order valence-electron chi connectivity index (χ3n) is 1.64. The number of hydrogen-bond acceptors (Lipinski definition) is 3. The molecule has 0 aliphatic heterocycles. The summed E-state index contributed by atoms with van der Waals surface area (Å²) in [6.45, 7) is 0. The fourth-order valence-electron chi connectivity index (χ4n) is 1.06. The van der Waals surface area contributed by atoms with Crippen LogP contribution >= 0.6 is 27.3 Å². The monoisotopic (exact) mass is 243 g/mol. The molecule has 2 aromatic rings. The van der Waals surface area contributed by atoms with E-state index >= 15 is 0 Å². The highest BCUT2D eigenvalue weighted by atomic mass is 79.9. The van der Waals surface area contributed by atoms with Crippen LogP contribution < -0.4 is 5.73 Å². The third kappa shape index (κ3) is 1.17. The van der Waals surface area contributed by atoms with Crippen molar-refractivity contribution in [1.29, 1.82) is 0 Å². The van der Waals surface area contributed by atoms with Crippen molar-refractivity contribution in [2.24, 2.45) is 0 Å². The number of hydrogen-bond donors (Lipinski definition) is 2. The molecule has 0 saturated heterocycles. The largest absolute Gasteiger partial charge is 0.506 e. The Morgan fingerprint density at radius 1 is 1.33 bits per heavy atom. The maximum atomic E-state index is 9.29. The summed E-state index contributed by atoms with van der Waals surface area (Å²) in [5, 5.41) is 10.3. The second-order valence-electron chi connectivity index (χ2n) is 2.50. The molecule has 0 amide bonds. The molecule has 1 aromatic carbocycles. The van der Waals surface area contributed by atoms with Crippen LogP contribution in [-0.4, -0.2) is 5.11 Å². The molecule has 1 aromatic heterocycles. The lowest BCUT2D eigenvalue weighted by Gasteiger charge is -1.96. The molecule has 2 nitrogen and oxygen atoms in total. The van der Waals surface area contributed by atoms with Crippen LogP contribution in [0.4, 0.5) is 5.69 Å². The van der Waals surface area contributed by atoms with Crippen LogP contribution in [0, 0.1) is 0 Å². The topological polar surface area (TPSA) is 46.2 Å². The van der Waals surface area contributed by atoms with Crippen molar-refractivity contribution in [1.82, 2.24) is 0 Å². The van der Waals surface area contributed by atoms with Crippen LogP contribution in [-0.2, 0) is 0 Å². The van der Waals surface area contributed by atoms with E-state index in [2.05, 4.69) is 15.9 Å². The standard InChI is InChI=1S/C8H6BrNOS/c9-8-2-4-1-6(11)5(10)3-7(4)12-8/h1-3,11H,10H2. The Kier molecular flexibility index (Phi) is 1.73. The van der Waals surface area contributed by atoms with E-state index in [0.29, 0.717) is 5.69 Å². The van der Waals surface area contributed by atoms with Crippen LogP contribution in [0.25, 0.3) is 10.1 Å². The maximum absolute atomic E-state index is 9.29. The highest BCUT2D eigenvalue weighted by Crippen LogP contribution is 2.34. The van der Waals surface area contributed by atoms with Gasteiger partial charge in [0.1, 0.15) is 5.75 Å². The lowest BCUT2D eigenvalue weighted by Crippen LogP contribution is -1.83. The normalized spacial score (nSPS) is 10.8. The molecule has 0 radical (unpaired) electrons. The van der Waals surface area contributed by atoms with Crippen molar-refractivity contribution in [2.45, 2.75) is 0 Å². The van der Waals surface area contributed by atoms with E-state index in [9.17, 15) is 5.11 Å². The van der Waals surface area contributed by atoms with Gasteiger partial charge in [-0.3, -0.25) is 0 Å². The first-order valence-corrected chi connectivity index (χ1v) is 4.95. The van der Waals surface area contributed by atoms with E-state index in [1.54, 1.807) is 23.5 Å². The lowest BCUT2D eigenvalue weighted by atomic mass is 10.2. The molecule has 0 spiro atoms. The number of fused-ring (bicyclic) bond motifs is 1. The molecule has 1 heterocycles. The first-order valence-electron chi connectivity index (χ1n) is 3.34. The van der Waals surface area contributed by atoms with E-state index in [-0.39, 0.29) is 5.75 Å². The number of phenolic OH excluding ortho intramolecular Hbond substituents is 1. The number of nitrogen functional groups attached to an aromatic ring is 1. The van der Waals surface area contributed by atoms with Crippen LogP contribution in [0.15, 0.2) is 22.0 Å². The zero-order chi connectivity index (χ0) is 8.72. The number of benzene rings is 1. The van der Waals surface area contributed by atoms with Gasteiger partial charge < -0.3 is 10.8 Å². The molecule has 0 bridgehead atoms. The maximum Gasteiger partial charge on any atom is 0.139 e. The van der Waals surface area contributed by atoms with Gasteiger partial charge in [-0.2, -0.15) is 0 Å². The summed E-state index contributed by atoms with van der Waals surface area (Å²) in [6, 6.07) is 5.41. The van der Waals surface area contributed by atoms with Gasteiger partial charge in [-0.15, -0.1) is 11.3 Å². The fourth-order valence-corrected chi connectivity index (χ4v) is 2.65. The van der Waals surface area contributed by atoms with Crippen molar-refractivity contribution in [3.63, 3.8) is 0 Å². The van der Waals surface area contributed by atoms with Crippen molar-refractivity contribution < 1.29 is 5.11 Å². The summed E-state index contributed by atoms with van der Waals surface area (Å²) < 4.78 is 2.12. The zero-order valence-electron chi connectivity index (χ0n) is 6.04. The number of aromatic hydroxyl groups is 1. The van der Waals surface area contributed by atoms with Crippen LogP contribution in [0.1, 0.15) is 0 Å².